The number of aldehydes is 1. The molecule has 1 saturated carbocycles. The van der Waals surface area contributed by atoms with Crippen molar-refractivity contribution in [1.29, 1.82) is 0 Å². The van der Waals surface area contributed by atoms with Gasteiger partial charge in [0.05, 0.1) is 0 Å². The summed E-state index contributed by atoms with van der Waals surface area (Å²) in [6.07, 6.45) is 3.79. The molecule has 0 unspecified atom stereocenters. The topological polar surface area (TPSA) is 76.4 Å². The van der Waals surface area contributed by atoms with Gasteiger partial charge in [-0.15, -0.1) is 0 Å². The maximum Gasteiger partial charge on any atom is 0.273 e. The van der Waals surface area contributed by atoms with Gasteiger partial charge in [0.25, 0.3) is 10.0 Å². The number of furan rings is 1. The number of sulfonamides is 1. The van der Waals surface area contributed by atoms with Gasteiger partial charge in [-0.05, 0) is 30.9 Å². The van der Waals surface area contributed by atoms with Crippen LogP contribution in [0.1, 0.15) is 29.8 Å². The Morgan fingerprint density at radius 1 is 1.44 bits per heavy atom. The van der Waals surface area contributed by atoms with Gasteiger partial charge in [0.15, 0.2) is 12.0 Å². The van der Waals surface area contributed by atoms with Crippen LogP contribution in [0, 0.1) is 5.92 Å². The molecular formula is C10H13NO4S. The lowest BCUT2D eigenvalue weighted by Crippen LogP contribution is -2.32. The average molecular weight is 243 g/mol. The SMILES string of the molecule is O=Cc1ccc(S(=O)(=O)NCC2CCC2)o1. The van der Waals surface area contributed by atoms with E-state index in [0.717, 1.165) is 12.8 Å². The fraction of sp³-hybridized carbons (Fsp3) is 0.500. The molecule has 0 atom stereocenters. The minimum Gasteiger partial charge on any atom is -0.440 e. The number of rotatable bonds is 5. The molecule has 6 heteroatoms. The van der Waals surface area contributed by atoms with Crippen LogP contribution in [-0.2, 0) is 10.0 Å². The van der Waals surface area contributed by atoms with Crippen molar-refractivity contribution in [2.45, 2.75) is 24.4 Å². The molecule has 1 aliphatic carbocycles. The summed E-state index contributed by atoms with van der Waals surface area (Å²) in [4.78, 5) is 10.4. The summed E-state index contributed by atoms with van der Waals surface area (Å²) in [6, 6.07) is 2.62. The summed E-state index contributed by atoms with van der Waals surface area (Å²) in [6.45, 7) is 0.444. The molecule has 1 aromatic rings. The smallest absolute Gasteiger partial charge is 0.273 e. The van der Waals surface area contributed by atoms with Gasteiger partial charge in [-0.1, -0.05) is 6.42 Å². The first-order chi connectivity index (χ1) is 7.62. The van der Waals surface area contributed by atoms with Crippen LogP contribution in [0.2, 0.25) is 0 Å². The Kier molecular flexibility index (Phi) is 3.11. The molecule has 16 heavy (non-hydrogen) atoms. The highest BCUT2D eigenvalue weighted by Crippen LogP contribution is 2.25. The Morgan fingerprint density at radius 3 is 2.69 bits per heavy atom. The monoisotopic (exact) mass is 243 g/mol. The summed E-state index contributed by atoms with van der Waals surface area (Å²) in [7, 11) is -3.60. The lowest BCUT2D eigenvalue weighted by atomic mass is 9.86. The standard InChI is InChI=1S/C10H13NO4S/c12-7-9-4-5-10(15-9)16(13,14)11-6-8-2-1-3-8/h4-5,7-8,11H,1-3,6H2. The van der Waals surface area contributed by atoms with Crippen molar-refractivity contribution in [3.05, 3.63) is 17.9 Å². The third-order valence-electron chi connectivity index (χ3n) is 2.77. The second-order valence-corrected chi connectivity index (χ2v) is 5.62. The third-order valence-corrected chi connectivity index (χ3v) is 4.07. The van der Waals surface area contributed by atoms with E-state index in [1.165, 1.54) is 18.6 Å². The van der Waals surface area contributed by atoms with Crippen molar-refractivity contribution in [3.8, 4) is 0 Å². The van der Waals surface area contributed by atoms with Crippen LogP contribution in [0.5, 0.6) is 0 Å². The second-order valence-electron chi connectivity index (χ2n) is 3.92. The fourth-order valence-corrected chi connectivity index (χ4v) is 2.59. The summed E-state index contributed by atoms with van der Waals surface area (Å²) < 4.78 is 30.7. The van der Waals surface area contributed by atoms with E-state index in [9.17, 15) is 13.2 Å². The highest BCUT2D eigenvalue weighted by Gasteiger charge is 2.23. The number of carbonyl (C=O) groups is 1. The van der Waals surface area contributed by atoms with Gasteiger partial charge in [-0.2, -0.15) is 0 Å². The van der Waals surface area contributed by atoms with Gasteiger partial charge in [-0.3, -0.25) is 4.79 Å². The van der Waals surface area contributed by atoms with Crippen LogP contribution in [0.4, 0.5) is 0 Å². The van der Waals surface area contributed by atoms with E-state index >= 15 is 0 Å². The van der Waals surface area contributed by atoms with E-state index in [1.54, 1.807) is 0 Å². The number of hydrogen-bond acceptors (Lipinski definition) is 4. The molecule has 0 saturated heterocycles. The summed E-state index contributed by atoms with van der Waals surface area (Å²) >= 11 is 0. The molecule has 1 aromatic heterocycles. The third kappa shape index (κ3) is 2.33. The first-order valence-corrected chi connectivity index (χ1v) is 6.65. The molecule has 88 valence electrons. The van der Waals surface area contributed by atoms with Crippen LogP contribution in [-0.4, -0.2) is 21.2 Å². The minimum absolute atomic E-state index is 0.0176. The molecule has 1 heterocycles. The van der Waals surface area contributed by atoms with Crippen molar-refractivity contribution in [2.24, 2.45) is 5.92 Å². The van der Waals surface area contributed by atoms with Crippen LogP contribution >= 0.6 is 0 Å². The van der Waals surface area contributed by atoms with Crippen LogP contribution < -0.4 is 4.72 Å². The Bertz CT molecular complexity index is 473. The lowest BCUT2D eigenvalue weighted by Gasteiger charge is -2.24. The molecule has 2 rings (SSSR count). The molecule has 0 aromatic carbocycles. The highest BCUT2D eigenvalue weighted by atomic mass is 32.2. The zero-order valence-electron chi connectivity index (χ0n) is 8.68. The van der Waals surface area contributed by atoms with Crippen LogP contribution in [0.3, 0.4) is 0 Å². The predicted molar refractivity (Wildman–Crippen MR) is 56.6 cm³/mol. The Hall–Kier alpha value is -1.14. The van der Waals surface area contributed by atoms with Gasteiger partial charge >= 0.3 is 0 Å². The normalized spacial score (nSPS) is 17.0. The first-order valence-electron chi connectivity index (χ1n) is 5.16. The van der Waals surface area contributed by atoms with Gasteiger partial charge in [0.2, 0.25) is 5.09 Å². The molecule has 1 fully saturated rings. The van der Waals surface area contributed by atoms with Crippen molar-refractivity contribution in [1.82, 2.24) is 4.72 Å². The summed E-state index contributed by atoms with van der Waals surface area (Å²) in [5.74, 6) is 0.458. The largest absolute Gasteiger partial charge is 0.440 e. The van der Waals surface area contributed by atoms with Crippen molar-refractivity contribution < 1.29 is 17.6 Å². The number of nitrogens with one attached hydrogen (secondary N) is 1. The number of carbonyl (C=O) groups excluding carboxylic acids is 1. The van der Waals surface area contributed by atoms with Crippen LogP contribution in [0.15, 0.2) is 21.6 Å². The van der Waals surface area contributed by atoms with Gasteiger partial charge in [0.1, 0.15) is 0 Å². The van der Waals surface area contributed by atoms with E-state index in [0.29, 0.717) is 18.7 Å². The van der Waals surface area contributed by atoms with E-state index in [4.69, 9.17) is 4.42 Å². The fourth-order valence-electron chi connectivity index (χ4n) is 1.54. The molecule has 0 bridgehead atoms. The van der Waals surface area contributed by atoms with E-state index < -0.39 is 10.0 Å². The molecule has 0 amide bonds. The lowest BCUT2D eigenvalue weighted by molar-refractivity contribution is 0.109. The van der Waals surface area contributed by atoms with E-state index in [1.807, 2.05) is 0 Å². The van der Waals surface area contributed by atoms with Crippen molar-refractivity contribution in [3.63, 3.8) is 0 Å². The Morgan fingerprint density at radius 2 is 2.19 bits per heavy atom. The quantitative estimate of drug-likeness (QED) is 0.787. The number of hydrogen-bond donors (Lipinski definition) is 1. The Labute approximate surface area is 93.9 Å². The second kappa shape index (κ2) is 4.39. The maximum absolute atomic E-state index is 11.7. The van der Waals surface area contributed by atoms with E-state index in [2.05, 4.69) is 4.72 Å². The molecule has 1 aliphatic rings. The Balaban J connectivity index is 2.02. The summed E-state index contributed by atoms with van der Waals surface area (Å²) in [5, 5.41) is -0.200. The van der Waals surface area contributed by atoms with Crippen molar-refractivity contribution in [2.75, 3.05) is 6.54 Å². The predicted octanol–water partition coefficient (Wildman–Crippen LogP) is 1.17. The van der Waals surface area contributed by atoms with Gasteiger partial charge < -0.3 is 4.42 Å². The highest BCUT2D eigenvalue weighted by molar-refractivity contribution is 7.89. The molecule has 0 radical (unpaired) electrons. The zero-order valence-corrected chi connectivity index (χ0v) is 9.50. The van der Waals surface area contributed by atoms with Gasteiger partial charge in [0, 0.05) is 6.54 Å². The molecular weight excluding hydrogens is 230 g/mol. The molecule has 0 spiro atoms. The molecule has 0 aliphatic heterocycles. The zero-order chi connectivity index (χ0) is 11.6. The summed E-state index contributed by atoms with van der Waals surface area (Å²) in [5.41, 5.74) is 0. The van der Waals surface area contributed by atoms with E-state index in [-0.39, 0.29) is 10.9 Å². The molecule has 5 nitrogen and oxygen atoms in total. The first kappa shape index (κ1) is 11.3. The maximum atomic E-state index is 11.7. The van der Waals surface area contributed by atoms with Crippen LogP contribution in [0.25, 0.3) is 0 Å². The minimum atomic E-state index is -3.60. The van der Waals surface area contributed by atoms with Crippen molar-refractivity contribution >= 4 is 16.3 Å². The average Bonchev–Trinajstić information content (AvgIpc) is 2.63. The molecule has 1 N–H and O–H groups in total. The van der Waals surface area contributed by atoms with Gasteiger partial charge in [-0.25, -0.2) is 13.1 Å².